The first-order valence-electron chi connectivity index (χ1n) is 9.70. The highest BCUT2D eigenvalue weighted by Crippen LogP contribution is 2.20. The summed E-state index contributed by atoms with van der Waals surface area (Å²) in [5.41, 5.74) is 5.66. The van der Waals surface area contributed by atoms with Gasteiger partial charge in [0.25, 0.3) is 5.91 Å². The Balaban J connectivity index is 1.46. The number of rotatable bonds is 6. The summed E-state index contributed by atoms with van der Waals surface area (Å²) in [6.45, 7) is 0. The number of nitrogens with zero attached hydrogens (tertiary/aromatic N) is 2. The highest BCUT2D eigenvalue weighted by molar-refractivity contribution is 6.04. The Bertz CT molecular complexity index is 1100. The van der Waals surface area contributed by atoms with Crippen LogP contribution in [0.25, 0.3) is 11.0 Å². The fraction of sp³-hybridized carbons (Fsp3) is 0.167. The molecule has 1 aromatic heterocycles. The van der Waals surface area contributed by atoms with Crippen molar-refractivity contribution in [2.45, 2.75) is 12.8 Å². The fourth-order valence-corrected chi connectivity index (χ4v) is 3.34. The molecule has 0 radical (unpaired) electrons. The summed E-state index contributed by atoms with van der Waals surface area (Å²) in [6, 6.07) is 23.5. The van der Waals surface area contributed by atoms with Crippen LogP contribution in [0.2, 0.25) is 0 Å². The number of aryl methyl sites for hydroxylation is 2. The van der Waals surface area contributed by atoms with E-state index in [4.69, 9.17) is 0 Å². The third-order valence-corrected chi connectivity index (χ3v) is 4.98. The van der Waals surface area contributed by atoms with E-state index in [0.717, 1.165) is 46.6 Å². The van der Waals surface area contributed by atoms with Crippen LogP contribution in [-0.4, -0.2) is 30.0 Å². The molecule has 0 aliphatic carbocycles. The molecule has 0 fully saturated rings. The van der Waals surface area contributed by atoms with E-state index < -0.39 is 0 Å². The van der Waals surface area contributed by atoms with Gasteiger partial charge < -0.3 is 15.2 Å². The second-order valence-corrected chi connectivity index (χ2v) is 7.25. The van der Waals surface area contributed by atoms with Gasteiger partial charge in [-0.05, 0) is 54.4 Å². The number of benzene rings is 3. The standard InChI is InChI=1S/C24H24N4O/c1-28(2)19-14-11-18(12-15-19)24(29)27-20-8-4-3-7-17(20)13-16-23-25-21-9-5-6-10-22(21)26-23/h3-12,14-15H,13,16H2,1-2H3,(H,25,26)(H,27,29). The molecule has 0 aliphatic rings. The second kappa shape index (κ2) is 8.19. The van der Waals surface area contributed by atoms with Gasteiger partial charge in [-0.15, -0.1) is 0 Å². The molecule has 1 heterocycles. The first-order chi connectivity index (χ1) is 14.1. The zero-order valence-electron chi connectivity index (χ0n) is 16.6. The number of anilines is 2. The van der Waals surface area contributed by atoms with Crippen LogP contribution >= 0.6 is 0 Å². The van der Waals surface area contributed by atoms with Crippen molar-refractivity contribution in [2.75, 3.05) is 24.3 Å². The first kappa shape index (κ1) is 18.7. The number of carbonyl (C=O) groups excluding carboxylic acids is 1. The Morgan fingerprint density at radius 1 is 0.931 bits per heavy atom. The molecular formula is C24H24N4O. The minimum absolute atomic E-state index is 0.105. The molecule has 5 nitrogen and oxygen atoms in total. The normalized spacial score (nSPS) is 10.8. The topological polar surface area (TPSA) is 61.0 Å². The summed E-state index contributed by atoms with van der Waals surface area (Å²) in [5.74, 6) is 0.845. The number of aromatic amines is 1. The van der Waals surface area contributed by atoms with Gasteiger partial charge >= 0.3 is 0 Å². The molecule has 4 aromatic rings. The predicted molar refractivity (Wildman–Crippen MR) is 119 cm³/mol. The van der Waals surface area contributed by atoms with Crippen molar-refractivity contribution in [3.63, 3.8) is 0 Å². The maximum atomic E-state index is 12.7. The third kappa shape index (κ3) is 4.29. The number of amides is 1. The Morgan fingerprint density at radius 3 is 2.41 bits per heavy atom. The van der Waals surface area contributed by atoms with Crippen molar-refractivity contribution in [2.24, 2.45) is 0 Å². The molecular weight excluding hydrogens is 360 g/mol. The van der Waals surface area contributed by atoms with E-state index >= 15 is 0 Å². The van der Waals surface area contributed by atoms with E-state index in [1.807, 2.05) is 91.8 Å². The summed E-state index contributed by atoms with van der Waals surface area (Å²) in [4.78, 5) is 22.7. The molecule has 0 saturated carbocycles. The van der Waals surface area contributed by atoms with Crippen LogP contribution in [0, 0.1) is 0 Å². The summed E-state index contributed by atoms with van der Waals surface area (Å²) in [7, 11) is 3.96. The molecule has 3 aromatic carbocycles. The summed E-state index contributed by atoms with van der Waals surface area (Å²) >= 11 is 0. The molecule has 0 bridgehead atoms. The van der Waals surface area contributed by atoms with Gasteiger partial charge in [0.15, 0.2) is 0 Å². The minimum atomic E-state index is -0.105. The lowest BCUT2D eigenvalue weighted by Crippen LogP contribution is -2.14. The summed E-state index contributed by atoms with van der Waals surface area (Å²) < 4.78 is 0. The quantitative estimate of drug-likeness (QED) is 0.508. The Morgan fingerprint density at radius 2 is 1.66 bits per heavy atom. The molecule has 1 amide bonds. The number of aromatic nitrogens is 2. The number of nitrogens with one attached hydrogen (secondary N) is 2. The maximum absolute atomic E-state index is 12.7. The SMILES string of the molecule is CN(C)c1ccc(C(=O)Nc2ccccc2CCc2nc3ccccc3[nH]2)cc1. The highest BCUT2D eigenvalue weighted by atomic mass is 16.1. The van der Waals surface area contributed by atoms with Crippen molar-refractivity contribution in [1.29, 1.82) is 0 Å². The van der Waals surface area contributed by atoms with Crippen LogP contribution in [0.5, 0.6) is 0 Å². The van der Waals surface area contributed by atoms with Crippen molar-refractivity contribution in [1.82, 2.24) is 9.97 Å². The number of hydrogen-bond donors (Lipinski definition) is 2. The largest absolute Gasteiger partial charge is 0.378 e. The fourth-order valence-electron chi connectivity index (χ4n) is 3.34. The number of H-pyrrole nitrogens is 1. The van der Waals surface area contributed by atoms with Crippen LogP contribution in [0.1, 0.15) is 21.7 Å². The van der Waals surface area contributed by atoms with Gasteiger partial charge in [0, 0.05) is 37.5 Å². The zero-order chi connectivity index (χ0) is 20.2. The Hall–Kier alpha value is -3.60. The number of carbonyl (C=O) groups is 1. The monoisotopic (exact) mass is 384 g/mol. The third-order valence-electron chi connectivity index (χ3n) is 4.98. The van der Waals surface area contributed by atoms with Crippen LogP contribution in [0.15, 0.2) is 72.8 Å². The molecule has 0 saturated heterocycles. The van der Waals surface area contributed by atoms with Gasteiger partial charge in [0.1, 0.15) is 5.82 Å². The first-order valence-corrected chi connectivity index (χ1v) is 9.70. The van der Waals surface area contributed by atoms with E-state index in [1.54, 1.807) is 0 Å². The molecule has 0 aliphatic heterocycles. The number of hydrogen-bond acceptors (Lipinski definition) is 3. The average Bonchev–Trinajstić information content (AvgIpc) is 3.16. The lowest BCUT2D eigenvalue weighted by molar-refractivity contribution is 0.102. The molecule has 5 heteroatoms. The Kier molecular flexibility index (Phi) is 5.29. The van der Waals surface area contributed by atoms with E-state index in [0.29, 0.717) is 5.56 Å². The number of para-hydroxylation sites is 3. The molecule has 4 rings (SSSR count). The molecule has 0 unspecified atom stereocenters. The van der Waals surface area contributed by atoms with E-state index in [9.17, 15) is 4.79 Å². The smallest absolute Gasteiger partial charge is 0.255 e. The van der Waals surface area contributed by atoms with Crippen LogP contribution in [-0.2, 0) is 12.8 Å². The van der Waals surface area contributed by atoms with Crippen LogP contribution in [0.3, 0.4) is 0 Å². The van der Waals surface area contributed by atoms with Gasteiger partial charge in [-0.1, -0.05) is 30.3 Å². The van der Waals surface area contributed by atoms with Gasteiger partial charge in [-0.2, -0.15) is 0 Å². The van der Waals surface area contributed by atoms with Crippen LogP contribution < -0.4 is 10.2 Å². The Labute approximate surface area is 170 Å². The molecule has 146 valence electrons. The number of fused-ring (bicyclic) bond motifs is 1. The van der Waals surface area contributed by atoms with E-state index in [2.05, 4.69) is 15.3 Å². The second-order valence-electron chi connectivity index (χ2n) is 7.25. The van der Waals surface area contributed by atoms with Crippen molar-refractivity contribution in [3.05, 3.63) is 89.7 Å². The van der Waals surface area contributed by atoms with Crippen molar-refractivity contribution in [3.8, 4) is 0 Å². The van der Waals surface area contributed by atoms with E-state index in [-0.39, 0.29) is 5.91 Å². The zero-order valence-corrected chi connectivity index (χ0v) is 16.6. The summed E-state index contributed by atoms with van der Waals surface area (Å²) in [5, 5.41) is 3.06. The van der Waals surface area contributed by atoms with Gasteiger partial charge in [-0.25, -0.2) is 4.98 Å². The van der Waals surface area contributed by atoms with Gasteiger partial charge in [-0.3, -0.25) is 4.79 Å². The maximum Gasteiger partial charge on any atom is 0.255 e. The van der Waals surface area contributed by atoms with Gasteiger partial charge in [0.2, 0.25) is 0 Å². The average molecular weight is 384 g/mol. The predicted octanol–water partition coefficient (Wildman–Crippen LogP) is 4.67. The van der Waals surface area contributed by atoms with Crippen molar-refractivity contribution >= 4 is 28.3 Å². The number of imidazole rings is 1. The molecule has 2 N–H and O–H groups in total. The molecule has 0 spiro atoms. The molecule has 0 atom stereocenters. The van der Waals surface area contributed by atoms with Crippen molar-refractivity contribution < 1.29 is 4.79 Å². The van der Waals surface area contributed by atoms with E-state index in [1.165, 1.54) is 0 Å². The van der Waals surface area contributed by atoms with Gasteiger partial charge in [0.05, 0.1) is 11.0 Å². The lowest BCUT2D eigenvalue weighted by Gasteiger charge is -2.13. The lowest BCUT2D eigenvalue weighted by atomic mass is 10.1. The minimum Gasteiger partial charge on any atom is -0.378 e. The molecule has 29 heavy (non-hydrogen) atoms. The highest BCUT2D eigenvalue weighted by Gasteiger charge is 2.10. The summed E-state index contributed by atoms with van der Waals surface area (Å²) in [6.07, 6.45) is 1.56. The van der Waals surface area contributed by atoms with Crippen LogP contribution in [0.4, 0.5) is 11.4 Å².